The Morgan fingerprint density at radius 2 is 2.05 bits per heavy atom. The van der Waals surface area contributed by atoms with Crippen molar-refractivity contribution < 1.29 is 19.1 Å². The first-order valence-corrected chi connectivity index (χ1v) is 7.32. The molecule has 0 spiro atoms. The summed E-state index contributed by atoms with van der Waals surface area (Å²) in [6.45, 7) is 3.52. The summed E-state index contributed by atoms with van der Waals surface area (Å²) in [6, 6.07) is 7.79. The quantitative estimate of drug-likeness (QED) is 0.491. The smallest absolute Gasteiger partial charge is 0.188 e. The number of hydrogen-bond acceptors (Lipinski definition) is 4. The van der Waals surface area contributed by atoms with Gasteiger partial charge >= 0.3 is 0 Å². The third-order valence-electron chi connectivity index (χ3n) is 3.43. The lowest BCUT2D eigenvalue weighted by Crippen LogP contribution is -2.21. The maximum atomic E-state index is 11.7. The number of ketones is 2. The molecule has 116 valence electrons. The van der Waals surface area contributed by atoms with Gasteiger partial charge in [0.1, 0.15) is 17.3 Å². The molecule has 0 saturated heterocycles. The van der Waals surface area contributed by atoms with E-state index in [2.05, 4.69) is 0 Å². The van der Waals surface area contributed by atoms with Gasteiger partial charge in [-0.3, -0.25) is 9.59 Å². The topological polar surface area (TPSA) is 52.6 Å². The largest absolute Gasteiger partial charge is 0.468 e. The number of methoxy groups -OCH3 is 1. The van der Waals surface area contributed by atoms with Crippen LogP contribution in [0.1, 0.15) is 38.7 Å². The van der Waals surface area contributed by atoms with Crippen molar-refractivity contribution in [1.82, 2.24) is 0 Å². The predicted octanol–water partition coefficient (Wildman–Crippen LogP) is 3.18. The molecule has 0 aliphatic rings. The fourth-order valence-electron chi connectivity index (χ4n) is 2.27. The highest BCUT2D eigenvalue weighted by atomic mass is 16.7. The van der Waals surface area contributed by atoms with Gasteiger partial charge in [-0.25, -0.2) is 0 Å². The molecule has 0 amide bonds. The highest BCUT2D eigenvalue weighted by Crippen LogP contribution is 2.18. The van der Waals surface area contributed by atoms with Crippen LogP contribution in [-0.4, -0.2) is 25.5 Å². The molecule has 0 bridgehead atoms. The Kier molecular flexibility index (Phi) is 7.69. The zero-order chi connectivity index (χ0) is 15.7. The summed E-state index contributed by atoms with van der Waals surface area (Å²) in [4.78, 5) is 23.2. The first-order chi connectivity index (χ1) is 10.1. The maximum absolute atomic E-state index is 11.7. The maximum Gasteiger partial charge on any atom is 0.188 e. The Morgan fingerprint density at radius 1 is 1.29 bits per heavy atom. The summed E-state index contributed by atoms with van der Waals surface area (Å²) in [6.07, 6.45) is 2.67. The van der Waals surface area contributed by atoms with Crippen molar-refractivity contribution in [3.05, 3.63) is 29.8 Å². The van der Waals surface area contributed by atoms with E-state index >= 15 is 0 Å². The number of ether oxygens (including phenoxy) is 2. The zero-order valence-electron chi connectivity index (χ0n) is 13.1. The molecule has 0 aliphatic heterocycles. The minimum atomic E-state index is -0.442. The van der Waals surface area contributed by atoms with Crippen molar-refractivity contribution in [3.63, 3.8) is 0 Å². The van der Waals surface area contributed by atoms with E-state index in [4.69, 9.17) is 9.47 Å². The summed E-state index contributed by atoms with van der Waals surface area (Å²) in [7, 11) is 1.58. The van der Waals surface area contributed by atoms with Gasteiger partial charge in [-0.1, -0.05) is 19.1 Å². The van der Waals surface area contributed by atoms with E-state index in [1.54, 1.807) is 14.0 Å². The van der Waals surface area contributed by atoms with Crippen LogP contribution in [0.25, 0.3) is 0 Å². The van der Waals surface area contributed by atoms with Gasteiger partial charge in [-0.2, -0.15) is 0 Å². The predicted molar refractivity (Wildman–Crippen MR) is 81.4 cm³/mol. The fraction of sp³-hybridized carbons (Fsp3) is 0.529. The second-order valence-corrected chi connectivity index (χ2v) is 5.07. The van der Waals surface area contributed by atoms with E-state index < -0.39 is 5.92 Å². The van der Waals surface area contributed by atoms with E-state index in [1.165, 1.54) is 6.92 Å². The van der Waals surface area contributed by atoms with Gasteiger partial charge in [0.25, 0.3) is 0 Å². The second-order valence-electron chi connectivity index (χ2n) is 5.07. The highest BCUT2D eigenvalue weighted by molar-refractivity contribution is 6.01. The Morgan fingerprint density at radius 3 is 2.67 bits per heavy atom. The van der Waals surface area contributed by atoms with Gasteiger partial charge < -0.3 is 9.47 Å². The number of Topliss-reactive ketones (excluding diaryl/α,β-unsaturated/α-hetero) is 2. The summed E-state index contributed by atoms with van der Waals surface area (Å²) in [5.41, 5.74) is 1.13. The van der Waals surface area contributed by atoms with Crippen LogP contribution in [0.2, 0.25) is 0 Å². The third-order valence-corrected chi connectivity index (χ3v) is 3.43. The van der Waals surface area contributed by atoms with Crippen LogP contribution in [0.4, 0.5) is 0 Å². The first-order valence-electron chi connectivity index (χ1n) is 7.32. The van der Waals surface area contributed by atoms with Crippen molar-refractivity contribution >= 4 is 11.6 Å². The summed E-state index contributed by atoms with van der Waals surface area (Å²) < 4.78 is 10.3. The molecule has 0 N–H and O–H groups in total. The zero-order valence-corrected chi connectivity index (χ0v) is 13.1. The van der Waals surface area contributed by atoms with E-state index in [9.17, 15) is 9.59 Å². The SMILES string of the molecule is CCC(=O)C(CCCc1cccc(OCOC)c1)C(C)=O. The molecule has 21 heavy (non-hydrogen) atoms. The lowest BCUT2D eigenvalue weighted by Gasteiger charge is -2.12. The molecule has 0 aromatic heterocycles. The van der Waals surface area contributed by atoms with E-state index in [0.29, 0.717) is 12.8 Å². The first kappa shape index (κ1) is 17.4. The normalized spacial score (nSPS) is 12.0. The van der Waals surface area contributed by atoms with Crippen LogP contribution in [0.3, 0.4) is 0 Å². The molecule has 1 aromatic carbocycles. The minimum Gasteiger partial charge on any atom is -0.468 e. The Bertz CT molecular complexity index is 468. The molecule has 4 nitrogen and oxygen atoms in total. The minimum absolute atomic E-state index is 0.0287. The number of carbonyl (C=O) groups is 2. The second kappa shape index (κ2) is 9.29. The van der Waals surface area contributed by atoms with Crippen LogP contribution in [-0.2, 0) is 20.7 Å². The average molecular weight is 292 g/mol. The number of hydrogen-bond donors (Lipinski definition) is 0. The monoisotopic (exact) mass is 292 g/mol. The molecule has 0 radical (unpaired) electrons. The van der Waals surface area contributed by atoms with Gasteiger partial charge in [0.15, 0.2) is 6.79 Å². The summed E-state index contributed by atoms with van der Waals surface area (Å²) >= 11 is 0. The molecular formula is C17H24O4. The summed E-state index contributed by atoms with van der Waals surface area (Å²) in [5.74, 6) is 0.337. The Hall–Kier alpha value is -1.68. The van der Waals surface area contributed by atoms with Crippen LogP contribution in [0.15, 0.2) is 24.3 Å². The lowest BCUT2D eigenvalue weighted by atomic mass is 9.91. The molecule has 0 fully saturated rings. The van der Waals surface area contributed by atoms with Crippen molar-refractivity contribution in [3.8, 4) is 5.75 Å². The Balaban J connectivity index is 2.50. The fourth-order valence-corrected chi connectivity index (χ4v) is 2.27. The van der Waals surface area contributed by atoms with E-state index in [1.807, 2.05) is 24.3 Å². The molecular weight excluding hydrogens is 268 g/mol. The number of benzene rings is 1. The average Bonchev–Trinajstić information content (AvgIpc) is 2.49. The van der Waals surface area contributed by atoms with Gasteiger partial charge in [0.2, 0.25) is 0 Å². The van der Waals surface area contributed by atoms with Gasteiger partial charge in [0, 0.05) is 13.5 Å². The Labute approximate surface area is 126 Å². The standard InChI is InChI=1S/C17H24O4/c1-4-17(19)16(13(2)18)10-6-8-14-7-5-9-15(11-14)21-12-20-3/h5,7,9,11,16H,4,6,8,10,12H2,1-3H3. The molecule has 0 aliphatic carbocycles. The van der Waals surface area contributed by atoms with Crippen LogP contribution < -0.4 is 4.74 Å². The van der Waals surface area contributed by atoms with Gasteiger partial charge in [-0.15, -0.1) is 0 Å². The third kappa shape index (κ3) is 6.08. The van der Waals surface area contributed by atoms with Crippen molar-refractivity contribution in [1.29, 1.82) is 0 Å². The molecule has 1 rings (SSSR count). The molecule has 4 heteroatoms. The van der Waals surface area contributed by atoms with Crippen LogP contribution >= 0.6 is 0 Å². The lowest BCUT2D eigenvalue weighted by molar-refractivity contribution is -0.131. The van der Waals surface area contributed by atoms with E-state index in [-0.39, 0.29) is 18.4 Å². The molecule has 1 atom stereocenters. The molecule has 1 aromatic rings. The molecule has 1 unspecified atom stereocenters. The molecule has 0 heterocycles. The summed E-state index contributed by atoms with van der Waals surface area (Å²) in [5, 5.41) is 0. The number of aryl methyl sites for hydroxylation is 1. The van der Waals surface area contributed by atoms with Crippen LogP contribution in [0.5, 0.6) is 5.75 Å². The van der Waals surface area contributed by atoms with Gasteiger partial charge in [-0.05, 0) is 43.9 Å². The van der Waals surface area contributed by atoms with Crippen molar-refractivity contribution in [2.24, 2.45) is 5.92 Å². The van der Waals surface area contributed by atoms with Gasteiger partial charge in [0.05, 0.1) is 5.92 Å². The van der Waals surface area contributed by atoms with Crippen LogP contribution in [0, 0.1) is 5.92 Å². The highest BCUT2D eigenvalue weighted by Gasteiger charge is 2.20. The molecule has 0 saturated carbocycles. The number of carbonyl (C=O) groups excluding carboxylic acids is 2. The van der Waals surface area contributed by atoms with Crippen molar-refractivity contribution in [2.75, 3.05) is 13.9 Å². The van der Waals surface area contributed by atoms with Crippen molar-refractivity contribution in [2.45, 2.75) is 39.5 Å². The van der Waals surface area contributed by atoms with E-state index in [0.717, 1.165) is 24.2 Å². The number of rotatable bonds is 10.